The summed E-state index contributed by atoms with van der Waals surface area (Å²) in [5.74, 6) is 0. The molecule has 0 atom stereocenters. The topological polar surface area (TPSA) is 36.7 Å². The lowest BCUT2D eigenvalue weighted by Crippen LogP contribution is -1.75. The lowest BCUT2D eigenvalue weighted by Gasteiger charge is -1.92. The Labute approximate surface area is 110 Å². The van der Waals surface area contributed by atoms with E-state index in [9.17, 15) is 0 Å². The molecule has 1 heterocycles. The van der Waals surface area contributed by atoms with Gasteiger partial charge in [-0.05, 0) is 6.26 Å². The number of benzene rings is 1. The largest absolute Gasteiger partial charge is 0.228 e. The Hall–Kier alpha value is -0.960. The SMILES string of the molecule is CSc1nc(-c2ccccc2)sc1C#N.S. The van der Waals surface area contributed by atoms with E-state index in [0.717, 1.165) is 15.6 Å². The fourth-order valence-electron chi connectivity index (χ4n) is 1.22. The molecule has 0 N–H and O–H groups in total. The molecule has 2 rings (SSSR count). The van der Waals surface area contributed by atoms with E-state index in [2.05, 4.69) is 11.1 Å². The van der Waals surface area contributed by atoms with E-state index < -0.39 is 0 Å². The van der Waals surface area contributed by atoms with E-state index in [1.54, 1.807) is 0 Å². The minimum atomic E-state index is 0. The highest BCUT2D eigenvalue weighted by molar-refractivity contribution is 7.98. The molecule has 2 aromatic rings. The Bertz CT molecular complexity index is 500. The minimum absolute atomic E-state index is 0. The van der Waals surface area contributed by atoms with Gasteiger partial charge in [0, 0.05) is 5.56 Å². The Morgan fingerprint density at radius 3 is 2.50 bits per heavy atom. The van der Waals surface area contributed by atoms with Crippen molar-refractivity contribution in [1.82, 2.24) is 4.98 Å². The number of hydrogen-bond donors (Lipinski definition) is 0. The molecule has 16 heavy (non-hydrogen) atoms. The summed E-state index contributed by atoms with van der Waals surface area (Å²) in [6.45, 7) is 0. The molecule has 82 valence electrons. The van der Waals surface area contributed by atoms with Crippen molar-refractivity contribution in [3.8, 4) is 16.6 Å². The van der Waals surface area contributed by atoms with Gasteiger partial charge in [0.1, 0.15) is 21.0 Å². The smallest absolute Gasteiger partial charge is 0.139 e. The lowest BCUT2D eigenvalue weighted by molar-refractivity contribution is 1.19. The summed E-state index contributed by atoms with van der Waals surface area (Å²) in [5, 5.41) is 10.7. The molecule has 0 spiro atoms. The van der Waals surface area contributed by atoms with Crippen molar-refractivity contribution in [2.24, 2.45) is 0 Å². The minimum Gasteiger partial charge on any atom is -0.228 e. The number of thioether (sulfide) groups is 1. The Kier molecular flexibility index (Phi) is 4.87. The summed E-state index contributed by atoms with van der Waals surface area (Å²) in [6, 6.07) is 12.1. The maximum Gasteiger partial charge on any atom is 0.139 e. The average Bonchev–Trinajstić information content (AvgIpc) is 2.73. The Morgan fingerprint density at radius 1 is 1.31 bits per heavy atom. The Balaban J connectivity index is 0.00000128. The molecule has 0 bridgehead atoms. The lowest BCUT2D eigenvalue weighted by atomic mass is 10.2. The normalized spacial score (nSPS) is 9.25. The zero-order valence-electron chi connectivity index (χ0n) is 8.60. The summed E-state index contributed by atoms with van der Waals surface area (Å²) >= 11 is 2.96. The van der Waals surface area contributed by atoms with Gasteiger partial charge in [-0.3, -0.25) is 0 Å². The van der Waals surface area contributed by atoms with E-state index in [0.29, 0.717) is 4.88 Å². The third-order valence-electron chi connectivity index (χ3n) is 1.91. The molecule has 0 unspecified atom stereocenters. The van der Waals surface area contributed by atoms with Crippen molar-refractivity contribution in [3.05, 3.63) is 35.2 Å². The van der Waals surface area contributed by atoms with Crippen LogP contribution in [0.25, 0.3) is 10.6 Å². The van der Waals surface area contributed by atoms with Crippen molar-refractivity contribution >= 4 is 36.6 Å². The summed E-state index contributed by atoms with van der Waals surface area (Å²) in [5.41, 5.74) is 1.07. The second-order valence-electron chi connectivity index (χ2n) is 2.84. The maximum atomic E-state index is 8.92. The van der Waals surface area contributed by atoms with E-state index in [4.69, 9.17) is 5.26 Å². The average molecular weight is 266 g/mol. The van der Waals surface area contributed by atoms with Gasteiger partial charge in [-0.15, -0.1) is 23.1 Å². The van der Waals surface area contributed by atoms with Crippen LogP contribution in [-0.2, 0) is 0 Å². The molecule has 0 aliphatic rings. The molecule has 0 radical (unpaired) electrons. The number of hydrogen-bond acceptors (Lipinski definition) is 4. The highest BCUT2D eigenvalue weighted by Gasteiger charge is 2.10. The molecule has 0 aliphatic heterocycles. The van der Waals surface area contributed by atoms with Crippen molar-refractivity contribution in [2.75, 3.05) is 6.26 Å². The predicted molar refractivity (Wildman–Crippen MR) is 74.4 cm³/mol. The van der Waals surface area contributed by atoms with Crippen LogP contribution in [0.1, 0.15) is 4.88 Å². The van der Waals surface area contributed by atoms with Crippen LogP contribution in [0, 0.1) is 11.3 Å². The molecule has 1 aromatic carbocycles. The fraction of sp³-hybridized carbons (Fsp3) is 0.0909. The predicted octanol–water partition coefficient (Wildman–Crippen LogP) is 3.52. The van der Waals surface area contributed by atoms with E-state index in [-0.39, 0.29) is 13.5 Å². The molecule has 0 saturated heterocycles. The van der Waals surface area contributed by atoms with Gasteiger partial charge in [0.2, 0.25) is 0 Å². The van der Waals surface area contributed by atoms with Crippen LogP contribution in [-0.4, -0.2) is 11.2 Å². The molecule has 0 saturated carbocycles. The van der Waals surface area contributed by atoms with Crippen LogP contribution in [0.2, 0.25) is 0 Å². The van der Waals surface area contributed by atoms with E-state index >= 15 is 0 Å². The quantitative estimate of drug-likeness (QED) is 0.780. The van der Waals surface area contributed by atoms with Crippen molar-refractivity contribution < 1.29 is 0 Å². The van der Waals surface area contributed by atoms with Gasteiger partial charge in [0.25, 0.3) is 0 Å². The number of rotatable bonds is 2. The zero-order valence-corrected chi connectivity index (χ0v) is 11.2. The highest BCUT2D eigenvalue weighted by atomic mass is 32.2. The van der Waals surface area contributed by atoms with Crippen LogP contribution in [0.4, 0.5) is 0 Å². The summed E-state index contributed by atoms with van der Waals surface area (Å²) in [4.78, 5) is 5.12. The molecule has 2 nitrogen and oxygen atoms in total. The van der Waals surface area contributed by atoms with Crippen molar-refractivity contribution in [1.29, 1.82) is 5.26 Å². The van der Waals surface area contributed by atoms with Crippen LogP contribution in [0.3, 0.4) is 0 Å². The number of nitrogens with zero attached hydrogens (tertiary/aromatic N) is 2. The molecule has 5 heteroatoms. The van der Waals surface area contributed by atoms with Gasteiger partial charge in [0.15, 0.2) is 0 Å². The number of nitriles is 1. The number of aromatic nitrogens is 1. The molecule has 0 amide bonds. The zero-order chi connectivity index (χ0) is 10.7. The first-order chi connectivity index (χ1) is 7.35. The highest BCUT2D eigenvalue weighted by Crippen LogP contribution is 2.31. The van der Waals surface area contributed by atoms with E-state index in [1.807, 2.05) is 36.6 Å². The van der Waals surface area contributed by atoms with Gasteiger partial charge in [-0.25, -0.2) is 4.98 Å². The van der Waals surface area contributed by atoms with Crippen LogP contribution in [0.5, 0.6) is 0 Å². The van der Waals surface area contributed by atoms with Gasteiger partial charge < -0.3 is 0 Å². The monoisotopic (exact) mass is 266 g/mol. The molecular formula is C11H10N2S3. The van der Waals surface area contributed by atoms with Crippen molar-refractivity contribution in [2.45, 2.75) is 5.03 Å². The molecule has 0 aliphatic carbocycles. The second-order valence-corrected chi connectivity index (χ2v) is 4.63. The van der Waals surface area contributed by atoms with Crippen molar-refractivity contribution in [3.63, 3.8) is 0 Å². The summed E-state index contributed by atoms with van der Waals surface area (Å²) in [6.07, 6.45) is 1.94. The van der Waals surface area contributed by atoms with Gasteiger partial charge >= 0.3 is 0 Å². The summed E-state index contributed by atoms with van der Waals surface area (Å²) in [7, 11) is 0. The number of thiazole rings is 1. The van der Waals surface area contributed by atoms with Crippen LogP contribution >= 0.6 is 36.6 Å². The Morgan fingerprint density at radius 2 is 2.00 bits per heavy atom. The third-order valence-corrected chi connectivity index (χ3v) is 3.73. The van der Waals surface area contributed by atoms with Gasteiger partial charge in [0.05, 0.1) is 0 Å². The molecule has 1 aromatic heterocycles. The molecule has 0 fully saturated rings. The fourth-order valence-corrected chi connectivity index (χ4v) is 2.83. The van der Waals surface area contributed by atoms with Crippen LogP contribution < -0.4 is 0 Å². The van der Waals surface area contributed by atoms with E-state index in [1.165, 1.54) is 23.1 Å². The maximum absolute atomic E-state index is 8.92. The standard InChI is InChI=1S/C11H8N2S2.H2S/c1-14-11-9(7-12)15-10(13-11)8-5-3-2-4-6-8;/h2-6H,1H3;1H2. The van der Waals surface area contributed by atoms with Gasteiger partial charge in [-0.1, -0.05) is 30.3 Å². The van der Waals surface area contributed by atoms with Gasteiger partial charge in [-0.2, -0.15) is 18.8 Å². The first-order valence-corrected chi connectivity index (χ1v) is 6.39. The molecular weight excluding hydrogens is 256 g/mol. The third kappa shape index (κ3) is 2.59. The second kappa shape index (κ2) is 5.94. The summed E-state index contributed by atoms with van der Waals surface area (Å²) < 4.78 is 0. The van der Waals surface area contributed by atoms with Crippen LogP contribution in [0.15, 0.2) is 35.4 Å². The first kappa shape index (κ1) is 13.1. The first-order valence-electron chi connectivity index (χ1n) is 4.35.